The number of benzene rings is 5. The van der Waals surface area contributed by atoms with E-state index in [1.54, 1.807) is 0 Å². The number of hydrogen-bond acceptors (Lipinski definition) is 2. The molecule has 1 aromatic heterocycles. The first-order valence-corrected chi connectivity index (χ1v) is 14.6. The molecule has 5 aromatic carbocycles. The van der Waals surface area contributed by atoms with Crippen LogP contribution in [0.1, 0.15) is 0 Å². The van der Waals surface area contributed by atoms with E-state index in [1.165, 1.54) is 32.3 Å². The molecule has 1 heterocycles. The molecular weight excluding hydrogens is 474 g/mol. The summed E-state index contributed by atoms with van der Waals surface area (Å²) in [5.74, 6) is 0.782. The molecule has 0 aliphatic carbocycles. The Labute approximate surface area is 174 Å². The van der Waals surface area contributed by atoms with Crippen molar-refractivity contribution in [3.8, 4) is 11.4 Å². The quantitative estimate of drug-likeness (QED) is 0.209. The molecule has 0 saturated heterocycles. The third-order valence-electron chi connectivity index (χ3n) is 5.34. The van der Waals surface area contributed by atoms with E-state index < -0.39 is 0 Å². The van der Waals surface area contributed by atoms with Crippen LogP contribution >= 0.6 is 0 Å². The molecule has 6 rings (SSSR count). The summed E-state index contributed by atoms with van der Waals surface area (Å²) in [6, 6.07) is 27.4. The second-order valence-corrected chi connectivity index (χ2v) is 10.1. The van der Waals surface area contributed by atoms with E-state index in [9.17, 15) is 0 Å². The summed E-state index contributed by atoms with van der Waals surface area (Å²) in [4.78, 5) is 9.45. The van der Waals surface area contributed by atoms with Crippen molar-refractivity contribution in [1.29, 1.82) is 0 Å². The molecular formula is C24H13N2Se2. The van der Waals surface area contributed by atoms with E-state index in [4.69, 9.17) is 4.98 Å². The van der Waals surface area contributed by atoms with Crippen molar-refractivity contribution in [2.75, 3.05) is 0 Å². The second kappa shape index (κ2) is 6.27. The molecule has 28 heavy (non-hydrogen) atoms. The van der Waals surface area contributed by atoms with Crippen LogP contribution in [-0.4, -0.2) is 37.3 Å². The van der Waals surface area contributed by atoms with Crippen molar-refractivity contribution in [3.05, 3.63) is 79.0 Å². The van der Waals surface area contributed by atoms with Gasteiger partial charge in [0, 0.05) is 0 Å². The van der Waals surface area contributed by atoms with Crippen molar-refractivity contribution in [3.63, 3.8) is 0 Å². The minimum atomic E-state index is 0.278. The number of hydrogen-bond donors (Lipinski definition) is 0. The normalized spacial score (nSPS) is 11.9. The SMILES string of the molecule is [SeH][Se]c1ccnc(-c2cc3cccc4ccc5c6ccccc6[c]c2c5c43)n1. The minimum absolute atomic E-state index is 0.278. The number of rotatable bonds is 2. The Kier molecular flexibility index (Phi) is 3.69. The molecule has 4 heteroatoms. The molecule has 0 unspecified atom stereocenters. The van der Waals surface area contributed by atoms with E-state index in [-0.39, 0.29) is 13.1 Å². The van der Waals surface area contributed by atoms with Crippen LogP contribution in [0.4, 0.5) is 0 Å². The predicted molar refractivity (Wildman–Crippen MR) is 120 cm³/mol. The Morgan fingerprint density at radius 3 is 2.64 bits per heavy atom. The first-order valence-electron chi connectivity index (χ1n) is 9.00. The summed E-state index contributed by atoms with van der Waals surface area (Å²) in [6.07, 6.45) is 1.87. The predicted octanol–water partition coefficient (Wildman–Crippen LogP) is 4.14. The van der Waals surface area contributed by atoms with E-state index >= 15 is 0 Å². The van der Waals surface area contributed by atoms with Gasteiger partial charge in [-0.05, 0) is 0 Å². The first-order chi connectivity index (χ1) is 13.8. The summed E-state index contributed by atoms with van der Waals surface area (Å²) in [5, 5.41) is 9.78. The first kappa shape index (κ1) is 16.5. The molecule has 1 radical (unpaired) electrons. The second-order valence-electron chi connectivity index (χ2n) is 6.85. The van der Waals surface area contributed by atoms with E-state index in [1.807, 2.05) is 12.3 Å². The molecule has 0 atom stereocenters. The van der Waals surface area contributed by atoms with Crippen molar-refractivity contribution in [2.24, 2.45) is 0 Å². The van der Waals surface area contributed by atoms with E-state index in [0.29, 0.717) is 0 Å². The fraction of sp³-hybridized carbons (Fsp3) is 0. The molecule has 2 nitrogen and oxygen atoms in total. The van der Waals surface area contributed by atoms with Gasteiger partial charge < -0.3 is 0 Å². The topological polar surface area (TPSA) is 25.8 Å². The molecule has 0 amide bonds. The molecule has 131 valence electrons. The maximum absolute atomic E-state index is 4.83. The van der Waals surface area contributed by atoms with Gasteiger partial charge >= 0.3 is 175 Å². The van der Waals surface area contributed by atoms with E-state index in [0.717, 1.165) is 26.8 Å². The zero-order valence-electron chi connectivity index (χ0n) is 14.7. The zero-order valence-corrected chi connectivity index (χ0v) is 18.3. The Balaban J connectivity index is 1.88. The van der Waals surface area contributed by atoms with Crippen molar-refractivity contribution in [1.82, 2.24) is 9.97 Å². The molecule has 6 aromatic rings. The summed E-state index contributed by atoms with van der Waals surface area (Å²) in [5.41, 5.74) is 1.06. The van der Waals surface area contributed by atoms with Gasteiger partial charge in [0.2, 0.25) is 0 Å². The van der Waals surface area contributed by atoms with E-state index in [2.05, 4.69) is 85.9 Å². The van der Waals surface area contributed by atoms with Crippen LogP contribution in [-0.2, 0) is 0 Å². The molecule has 0 aliphatic rings. The monoisotopic (exact) mass is 489 g/mol. The fourth-order valence-corrected chi connectivity index (χ4v) is 5.80. The Morgan fingerprint density at radius 1 is 0.821 bits per heavy atom. The van der Waals surface area contributed by atoms with Crippen LogP contribution in [0.5, 0.6) is 0 Å². The Bertz CT molecular complexity index is 1510. The van der Waals surface area contributed by atoms with Gasteiger partial charge in [0.1, 0.15) is 0 Å². The van der Waals surface area contributed by atoms with Crippen LogP contribution in [0.15, 0.2) is 72.9 Å². The van der Waals surface area contributed by atoms with Crippen LogP contribution in [0.25, 0.3) is 54.5 Å². The summed E-state index contributed by atoms with van der Waals surface area (Å²) in [6.45, 7) is 0. The van der Waals surface area contributed by atoms with Crippen LogP contribution < -0.4 is 4.59 Å². The van der Waals surface area contributed by atoms with Gasteiger partial charge in [-0.15, -0.1) is 0 Å². The molecule has 0 bridgehead atoms. The standard InChI is InChI=1S/C24H13N2Se2/c27-28-21-10-11-25-24(26-21)20-13-16-6-3-5-14-8-9-18-17-7-2-1-4-15(17)12-19(20)23(18)22(14)16/h1-11,13,27H. The molecule has 0 fully saturated rings. The van der Waals surface area contributed by atoms with Crippen LogP contribution in [0, 0.1) is 6.07 Å². The number of nitrogens with zero attached hydrogens (tertiary/aromatic N) is 2. The summed E-state index contributed by atoms with van der Waals surface area (Å²) < 4.78 is 1.09. The molecule has 0 spiro atoms. The fourth-order valence-electron chi connectivity index (χ4n) is 4.16. The Morgan fingerprint density at radius 2 is 1.71 bits per heavy atom. The van der Waals surface area contributed by atoms with Crippen molar-refractivity contribution < 1.29 is 0 Å². The van der Waals surface area contributed by atoms with Gasteiger partial charge in [-0.25, -0.2) is 0 Å². The van der Waals surface area contributed by atoms with Gasteiger partial charge in [0.05, 0.1) is 0 Å². The maximum atomic E-state index is 4.83. The third kappa shape index (κ3) is 2.33. The van der Waals surface area contributed by atoms with Gasteiger partial charge in [-0.3, -0.25) is 0 Å². The van der Waals surface area contributed by atoms with Crippen molar-refractivity contribution in [2.45, 2.75) is 0 Å². The van der Waals surface area contributed by atoms with Crippen molar-refractivity contribution >= 4 is 75.0 Å². The van der Waals surface area contributed by atoms with Gasteiger partial charge in [-0.2, -0.15) is 0 Å². The third-order valence-corrected chi connectivity index (χ3v) is 8.25. The molecule has 0 aliphatic heterocycles. The van der Waals surface area contributed by atoms with Crippen LogP contribution in [0.2, 0.25) is 0 Å². The number of aromatic nitrogens is 2. The van der Waals surface area contributed by atoms with Gasteiger partial charge in [0.25, 0.3) is 0 Å². The van der Waals surface area contributed by atoms with Gasteiger partial charge in [0.15, 0.2) is 0 Å². The Hall–Kier alpha value is -2.48. The summed E-state index contributed by atoms with van der Waals surface area (Å²) >= 11 is 2.93. The average Bonchev–Trinajstić information content (AvgIpc) is 2.76. The molecule has 0 N–H and O–H groups in total. The number of fused-ring (bicyclic) bond motifs is 2. The summed E-state index contributed by atoms with van der Waals surface area (Å²) in [7, 11) is 0. The molecule has 0 saturated carbocycles. The van der Waals surface area contributed by atoms with Crippen LogP contribution in [0.3, 0.4) is 0 Å². The zero-order chi connectivity index (χ0) is 18.7. The van der Waals surface area contributed by atoms with Gasteiger partial charge in [-0.1, -0.05) is 0 Å². The average molecular weight is 487 g/mol.